The summed E-state index contributed by atoms with van der Waals surface area (Å²) in [5.74, 6) is -0.122. The number of carbonyl (C=O) groups is 1. The molecule has 1 amide bonds. The molecule has 2 aliphatic heterocycles. The number of rotatable bonds is 5. The van der Waals surface area contributed by atoms with Crippen LogP contribution in [-0.4, -0.2) is 34.8 Å². The Kier molecular flexibility index (Phi) is 13.5. The molecule has 0 spiro atoms. The number of nitrogens with two attached hydrogens (primary N) is 1. The van der Waals surface area contributed by atoms with Crippen LogP contribution in [0.15, 0.2) is 102 Å². The number of aryl methyl sites for hydroxylation is 2. The molecule has 41 heavy (non-hydrogen) atoms. The first-order chi connectivity index (χ1) is 19.6. The fourth-order valence-electron chi connectivity index (χ4n) is 4.66. The largest absolute Gasteiger partial charge is 0.337 e. The van der Waals surface area contributed by atoms with E-state index in [0.717, 1.165) is 37.2 Å². The van der Waals surface area contributed by atoms with Gasteiger partial charge in [0.2, 0.25) is 0 Å². The quantitative estimate of drug-likeness (QED) is 0.376. The lowest BCUT2D eigenvalue weighted by Gasteiger charge is -2.32. The first-order valence-electron chi connectivity index (χ1n) is 14.7. The van der Waals surface area contributed by atoms with Crippen LogP contribution < -0.4 is 5.73 Å². The van der Waals surface area contributed by atoms with Gasteiger partial charge in [0.05, 0.1) is 0 Å². The van der Waals surface area contributed by atoms with Crippen molar-refractivity contribution in [1.29, 1.82) is 0 Å². The Labute approximate surface area is 247 Å². The van der Waals surface area contributed by atoms with Crippen molar-refractivity contribution in [1.82, 2.24) is 9.80 Å². The fraction of sp³-hybridized carbons (Fsp3) is 0.361. The van der Waals surface area contributed by atoms with Gasteiger partial charge in [-0.25, -0.2) is 4.39 Å². The normalized spacial score (nSPS) is 17.5. The minimum Gasteiger partial charge on any atom is -0.337 e. The average Bonchev–Trinajstić information content (AvgIpc) is 2.99. The molecule has 2 N–H and O–H groups in total. The Bertz CT molecular complexity index is 1300. The van der Waals surface area contributed by atoms with Crippen molar-refractivity contribution >= 4 is 12.0 Å². The summed E-state index contributed by atoms with van der Waals surface area (Å²) in [4.78, 5) is 16.8. The number of hydrogen-bond acceptors (Lipinski definition) is 3. The molecule has 2 aliphatic rings. The Morgan fingerprint density at radius 2 is 1.76 bits per heavy atom. The van der Waals surface area contributed by atoms with Crippen LogP contribution in [0.1, 0.15) is 71.1 Å². The standard InChI is InChI=1S/C26H33N3O.C8H9F.C2H6/c1-18-9-6-7-10-23(18)15-19(2)21(4)22(5)29-14-12-24(16-20(29)3)26(30)28-13-8-11-25(27)17-28;1-2-7-3-5-8(9)6-4-7;1-2/h6-7,9-10,12,14-16,25H,3,8,11,13,17,27H2,1-2,4-5H3;3-6H,2H2,1H3;1-2H3/b19-15+,22-21+;;. The third kappa shape index (κ3) is 9.72. The molecule has 4 nitrogen and oxygen atoms in total. The van der Waals surface area contributed by atoms with E-state index >= 15 is 0 Å². The highest BCUT2D eigenvalue weighted by molar-refractivity contribution is 5.97. The van der Waals surface area contributed by atoms with Crippen molar-refractivity contribution in [2.45, 2.75) is 73.8 Å². The maximum Gasteiger partial charge on any atom is 0.254 e. The van der Waals surface area contributed by atoms with E-state index in [1.54, 1.807) is 12.1 Å². The topological polar surface area (TPSA) is 49.6 Å². The molecule has 0 aliphatic carbocycles. The van der Waals surface area contributed by atoms with Crippen LogP contribution in [-0.2, 0) is 11.2 Å². The number of carbonyl (C=O) groups excluding carboxylic acids is 1. The third-order valence-corrected chi connectivity index (χ3v) is 7.40. The average molecular weight is 558 g/mol. The molecular weight excluding hydrogens is 509 g/mol. The maximum atomic E-state index is 12.9. The van der Waals surface area contributed by atoms with E-state index in [1.807, 2.05) is 48.9 Å². The predicted octanol–water partition coefficient (Wildman–Crippen LogP) is 8.33. The molecule has 0 bridgehead atoms. The van der Waals surface area contributed by atoms with Gasteiger partial charge >= 0.3 is 0 Å². The summed E-state index contributed by atoms with van der Waals surface area (Å²) in [5.41, 5.74) is 14.7. The summed E-state index contributed by atoms with van der Waals surface area (Å²) >= 11 is 0. The van der Waals surface area contributed by atoms with Crippen molar-refractivity contribution in [2.24, 2.45) is 5.73 Å². The first kappa shape index (κ1) is 33.5. The second-order valence-corrected chi connectivity index (χ2v) is 10.3. The molecule has 1 unspecified atom stereocenters. The van der Waals surface area contributed by atoms with Crippen LogP contribution in [0.5, 0.6) is 0 Å². The molecule has 4 rings (SSSR count). The monoisotopic (exact) mass is 557 g/mol. The Morgan fingerprint density at radius 1 is 1.10 bits per heavy atom. The van der Waals surface area contributed by atoms with E-state index < -0.39 is 0 Å². The number of halogens is 1. The van der Waals surface area contributed by atoms with Gasteiger partial charge in [-0.3, -0.25) is 4.79 Å². The van der Waals surface area contributed by atoms with Gasteiger partial charge in [0.1, 0.15) is 5.82 Å². The number of amides is 1. The highest BCUT2D eigenvalue weighted by Gasteiger charge is 2.25. The van der Waals surface area contributed by atoms with E-state index in [-0.39, 0.29) is 17.8 Å². The first-order valence-corrected chi connectivity index (χ1v) is 14.7. The van der Waals surface area contributed by atoms with Crippen LogP contribution >= 0.6 is 0 Å². The molecule has 2 heterocycles. The highest BCUT2D eigenvalue weighted by atomic mass is 19.1. The minimum atomic E-state index is -0.160. The van der Waals surface area contributed by atoms with Gasteiger partial charge in [-0.2, -0.15) is 0 Å². The van der Waals surface area contributed by atoms with Gasteiger partial charge in [0, 0.05) is 42.3 Å². The molecular formula is C36H48FN3O. The van der Waals surface area contributed by atoms with Gasteiger partial charge in [0.25, 0.3) is 5.91 Å². The van der Waals surface area contributed by atoms with Gasteiger partial charge in [-0.1, -0.05) is 69.8 Å². The SMILES string of the molecule is C=C1C=C(C(=O)N2CCCC(N)C2)C=CN1/C(C)=C(C)/C(C)=C/c1ccccc1C.CC.CCc1ccc(F)cc1. The lowest BCUT2D eigenvalue weighted by atomic mass is 10.0. The van der Waals surface area contributed by atoms with Crippen molar-refractivity contribution < 1.29 is 9.18 Å². The molecule has 220 valence electrons. The van der Waals surface area contributed by atoms with Gasteiger partial charge < -0.3 is 15.5 Å². The van der Waals surface area contributed by atoms with E-state index in [1.165, 1.54) is 40.0 Å². The zero-order chi connectivity index (χ0) is 30.5. The van der Waals surface area contributed by atoms with E-state index in [0.29, 0.717) is 12.1 Å². The summed E-state index contributed by atoms with van der Waals surface area (Å²) in [6.07, 6.45) is 10.8. The Balaban J connectivity index is 0.000000450. The third-order valence-electron chi connectivity index (χ3n) is 7.40. The highest BCUT2D eigenvalue weighted by Crippen LogP contribution is 2.27. The predicted molar refractivity (Wildman–Crippen MR) is 172 cm³/mol. The lowest BCUT2D eigenvalue weighted by molar-refractivity contribution is -0.127. The van der Waals surface area contributed by atoms with Crippen LogP contribution in [0.2, 0.25) is 0 Å². The summed E-state index contributed by atoms with van der Waals surface area (Å²) in [6.45, 7) is 20.1. The molecule has 0 aromatic heterocycles. The fourth-order valence-corrected chi connectivity index (χ4v) is 4.66. The summed E-state index contributed by atoms with van der Waals surface area (Å²) < 4.78 is 12.2. The molecule has 2 aromatic carbocycles. The van der Waals surface area contributed by atoms with Crippen LogP contribution in [0.3, 0.4) is 0 Å². The van der Waals surface area contributed by atoms with Crippen LogP contribution in [0.25, 0.3) is 6.08 Å². The van der Waals surface area contributed by atoms with Crippen molar-refractivity contribution in [3.63, 3.8) is 0 Å². The van der Waals surface area contributed by atoms with Crippen molar-refractivity contribution in [3.05, 3.63) is 124 Å². The number of likely N-dealkylation sites (tertiary alicyclic amines) is 1. The Hall–Kier alpha value is -3.70. The lowest BCUT2D eigenvalue weighted by Crippen LogP contribution is -2.46. The zero-order valence-corrected chi connectivity index (χ0v) is 26.0. The smallest absolute Gasteiger partial charge is 0.254 e. The summed E-state index contributed by atoms with van der Waals surface area (Å²) in [5, 5.41) is 0. The van der Waals surface area contributed by atoms with Crippen LogP contribution in [0, 0.1) is 12.7 Å². The molecule has 0 radical (unpaired) electrons. The van der Waals surface area contributed by atoms with E-state index in [4.69, 9.17) is 5.73 Å². The van der Waals surface area contributed by atoms with Gasteiger partial charge in [0.15, 0.2) is 0 Å². The van der Waals surface area contributed by atoms with Crippen LogP contribution in [0.4, 0.5) is 4.39 Å². The molecule has 0 saturated carbocycles. The molecule has 1 fully saturated rings. The molecule has 5 heteroatoms. The summed E-state index contributed by atoms with van der Waals surface area (Å²) in [7, 11) is 0. The molecule has 2 aromatic rings. The van der Waals surface area contributed by atoms with Gasteiger partial charge in [-0.15, -0.1) is 0 Å². The molecule has 1 atom stereocenters. The zero-order valence-electron chi connectivity index (χ0n) is 26.0. The maximum absolute atomic E-state index is 12.9. The van der Waals surface area contributed by atoms with Crippen molar-refractivity contribution in [2.75, 3.05) is 13.1 Å². The number of hydrogen-bond donors (Lipinski definition) is 1. The number of benzene rings is 2. The number of piperidine rings is 1. The van der Waals surface area contributed by atoms with Crippen molar-refractivity contribution in [3.8, 4) is 0 Å². The van der Waals surface area contributed by atoms with E-state index in [9.17, 15) is 9.18 Å². The number of allylic oxidation sites excluding steroid dienone is 4. The Morgan fingerprint density at radius 3 is 2.34 bits per heavy atom. The van der Waals surface area contributed by atoms with Gasteiger partial charge in [-0.05, 0) is 99.1 Å². The second kappa shape index (κ2) is 16.5. The minimum absolute atomic E-state index is 0.0381. The molecule has 1 saturated heterocycles. The van der Waals surface area contributed by atoms with E-state index in [2.05, 4.69) is 64.6 Å². The summed E-state index contributed by atoms with van der Waals surface area (Å²) in [6, 6.07) is 15.0. The number of nitrogens with zero attached hydrogens (tertiary/aromatic N) is 2. The second-order valence-electron chi connectivity index (χ2n) is 10.3.